The predicted octanol–water partition coefficient (Wildman–Crippen LogP) is 1.11. The molecule has 4 N–H and O–H groups in total. The van der Waals surface area contributed by atoms with Crippen molar-refractivity contribution in [2.45, 2.75) is 21.6 Å². The smallest absolute Gasteiger partial charge is 0.238 e. The molecular weight excluding hydrogens is 284 g/mol. The standard InChI is InChI=1S/C11H14N4O2S2/c1-7-10(18-9-5-14-15(2)6-9)3-8(12)4-11(7)19(13,16)17/h3-6H,12H2,1-2H3,(H2,13,16,17). The predicted molar refractivity (Wildman–Crippen MR) is 74.3 cm³/mol. The number of hydrogen-bond donors (Lipinski definition) is 2. The molecule has 2 aromatic rings. The monoisotopic (exact) mass is 298 g/mol. The first kappa shape index (κ1) is 13.9. The second-order valence-electron chi connectivity index (χ2n) is 4.14. The number of sulfonamides is 1. The molecule has 2 rings (SSSR count). The molecule has 0 atom stereocenters. The zero-order valence-electron chi connectivity index (χ0n) is 10.5. The number of primary sulfonamides is 1. The summed E-state index contributed by atoms with van der Waals surface area (Å²) in [5.41, 5.74) is 6.68. The van der Waals surface area contributed by atoms with Crippen LogP contribution in [0.3, 0.4) is 0 Å². The summed E-state index contributed by atoms with van der Waals surface area (Å²) < 4.78 is 24.7. The van der Waals surface area contributed by atoms with E-state index in [1.165, 1.54) is 17.8 Å². The minimum absolute atomic E-state index is 0.0545. The van der Waals surface area contributed by atoms with Crippen molar-refractivity contribution in [3.8, 4) is 0 Å². The van der Waals surface area contributed by atoms with Crippen molar-refractivity contribution in [3.63, 3.8) is 0 Å². The third-order valence-electron chi connectivity index (χ3n) is 2.55. The molecule has 0 aliphatic rings. The molecule has 0 bridgehead atoms. The number of rotatable bonds is 3. The Hall–Kier alpha value is -1.51. The van der Waals surface area contributed by atoms with Crippen molar-refractivity contribution in [1.82, 2.24) is 9.78 Å². The number of aryl methyl sites for hydroxylation is 1. The van der Waals surface area contributed by atoms with Crippen LogP contribution < -0.4 is 10.9 Å². The number of benzene rings is 1. The summed E-state index contributed by atoms with van der Waals surface area (Å²) in [6, 6.07) is 3.10. The maximum Gasteiger partial charge on any atom is 0.238 e. The van der Waals surface area contributed by atoms with Crippen molar-refractivity contribution in [2.75, 3.05) is 5.73 Å². The second-order valence-corrected chi connectivity index (χ2v) is 6.78. The molecule has 0 saturated carbocycles. The molecule has 1 aromatic heterocycles. The average Bonchev–Trinajstić information content (AvgIpc) is 2.67. The Balaban J connectivity index is 2.49. The fourth-order valence-electron chi connectivity index (χ4n) is 1.66. The molecule has 19 heavy (non-hydrogen) atoms. The lowest BCUT2D eigenvalue weighted by atomic mass is 10.2. The van der Waals surface area contributed by atoms with E-state index in [4.69, 9.17) is 10.9 Å². The van der Waals surface area contributed by atoms with Crippen LogP contribution in [0.2, 0.25) is 0 Å². The Bertz CT molecular complexity index is 722. The molecule has 1 heterocycles. The van der Waals surface area contributed by atoms with Gasteiger partial charge in [0, 0.05) is 23.8 Å². The molecule has 0 unspecified atom stereocenters. The first-order valence-corrected chi connectivity index (χ1v) is 7.73. The fraction of sp³-hybridized carbons (Fsp3) is 0.182. The minimum atomic E-state index is -3.78. The van der Waals surface area contributed by atoms with Crippen LogP contribution >= 0.6 is 11.8 Å². The van der Waals surface area contributed by atoms with E-state index in [1.54, 1.807) is 23.9 Å². The van der Waals surface area contributed by atoms with Gasteiger partial charge in [0.05, 0.1) is 16.0 Å². The highest BCUT2D eigenvalue weighted by molar-refractivity contribution is 7.99. The molecule has 0 amide bonds. The van der Waals surface area contributed by atoms with Crippen molar-refractivity contribution >= 4 is 27.5 Å². The van der Waals surface area contributed by atoms with Gasteiger partial charge < -0.3 is 5.73 Å². The van der Waals surface area contributed by atoms with Crippen molar-refractivity contribution in [2.24, 2.45) is 12.2 Å². The molecule has 0 radical (unpaired) electrons. The molecule has 1 aromatic carbocycles. The van der Waals surface area contributed by atoms with E-state index in [2.05, 4.69) is 5.10 Å². The van der Waals surface area contributed by atoms with Gasteiger partial charge in [-0.2, -0.15) is 5.10 Å². The average molecular weight is 298 g/mol. The second kappa shape index (κ2) is 4.87. The van der Waals surface area contributed by atoms with E-state index in [1.807, 2.05) is 13.2 Å². The molecule has 0 aliphatic carbocycles. The Morgan fingerprint density at radius 3 is 2.58 bits per heavy atom. The van der Waals surface area contributed by atoms with Crippen LogP contribution in [0, 0.1) is 6.92 Å². The summed E-state index contributed by atoms with van der Waals surface area (Å²) in [5, 5.41) is 9.24. The van der Waals surface area contributed by atoms with Gasteiger partial charge in [-0.1, -0.05) is 11.8 Å². The van der Waals surface area contributed by atoms with Crippen molar-refractivity contribution in [3.05, 3.63) is 30.1 Å². The van der Waals surface area contributed by atoms with Crippen LogP contribution in [-0.2, 0) is 17.1 Å². The topological polar surface area (TPSA) is 104 Å². The molecule has 8 heteroatoms. The number of nitrogens with zero attached hydrogens (tertiary/aromatic N) is 2. The van der Waals surface area contributed by atoms with Gasteiger partial charge in [-0.3, -0.25) is 4.68 Å². The Morgan fingerprint density at radius 1 is 1.37 bits per heavy atom. The van der Waals surface area contributed by atoms with Gasteiger partial charge in [0.25, 0.3) is 0 Å². The number of nitrogen functional groups attached to an aromatic ring is 1. The molecule has 0 saturated heterocycles. The van der Waals surface area contributed by atoms with Gasteiger partial charge in [0.1, 0.15) is 0 Å². The van der Waals surface area contributed by atoms with E-state index >= 15 is 0 Å². The minimum Gasteiger partial charge on any atom is -0.399 e. The van der Waals surface area contributed by atoms with E-state index in [9.17, 15) is 8.42 Å². The zero-order valence-corrected chi connectivity index (χ0v) is 12.1. The Morgan fingerprint density at radius 2 is 2.05 bits per heavy atom. The van der Waals surface area contributed by atoms with Gasteiger partial charge in [0.15, 0.2) is 0 Å². The van der Waals surface area contributed by atoms with Gasteiger partial charge in [-0.05, 0) is 24.6 Å². The molecule has 0 aliphatic heterocycles. The van der Waals surface area contributed by atoms with E-state index in [0.717, 1.165) is 9.79 Å². The highest BCUT2D eigenvalue weighted by Crippen LogP contribution is 2.34. The summed E-state index contributed by atoms with van der Waals surface area (Å²) in [4.78, 5) is 1.70. The van der Waals surface area contributed by atoms with Gasteiger partial charge in [0.2, 0.25) is 10.0 Å². The number of aromatic nitrogens is 2. The van der Waals surface area contributed by atoms with Crippen LogP contribution in [-0.4, -0.2) is 18.2 Å². The fourth-order valence-corrected chi connectivity index (χ4v) is 3.58. The van der Waals surface area contributed by atoms with Crippen LogP contribution in [0.25, 0.3) is 0 Å². The van der Waals surface area contributed by atoms with E-state index in [0.29, 0.717) is 11.3 Å². The first-order chi connectivity index (χ1) is 8.77. The molecular formula is C11H14N4O2S2. The number of nitrogens with two attached hydrogens (primary N) is 2. The lowest BCUT2D eigenvalue weighted by molar-refractivity contribution is 0.597. The summed E-state index contributed by atoms with van der Waals surface area (Å²) >= 11 is 1.40. The van der Waals surface area contributed by atoms with Gasteiger partial charge >= 0.3 is 0 Å². The molecule has 6 nitrogen and oxygen atoms in total. The van der Waals surface area contributed by atoms with Gasteiger partial charge in [-0.25, -0.2) is 13.6 Å². The lowest BCUT2D eigenvalue weighted by Crippen LogP contribution is -2.14. The van der Waals surface area contributed by atoms with Crippen LogP contribution in [0.5, 0.6) is 0 Å². The van der Waals surface area contributed by atoms with Crippen LogP contribution in [0.1, 0.15) is 5.56 Å². The third kappa shape index (κ3) is 3.09. The first-order valence-electron chi connectivity index (χ1n) is 5.37. The summed E-state index contributed by atoms with van der Waals surface area (Å²) in [5.74, 6) is 0. The molecule has 0 spiro atoms. The maximum atomic E-state index is 11.5. The van der Waals surface area contributed by atoms with Crippen molar-refractivity contribution < 1.29 is 8.42 Å². The summed E-state index contributed by atoms with van der Waals surface area (Å²) in [6.45, 7) is 1.71. The van der Waals surface area contributed by atoms with E-state index in [-0.39, 0.29) is 4.90 Å². The summed E-state index contributed by atoms with van der Waals surface area (Å²) in [7, 11) is -1.97. The third-order valence-corrected chi connectivity index (χ3v) is 4.68. The van der Waals surface area contributed by atoms with Gasteiger partial charge in [-0.15, -0.1) is 0 Å². The SMILES string of the molecule is Cc1c(Sc2cnn(C)c2)cc(N)cc1S(N)(=O)=O. The Labute approximate surface area is 115 Å². The van der Waals surface area contributed by atoms with E-state index < -0.39 is 10.0 Å². The maximum absolute atomic E-state index is 11.5. The number of anilines is 1. The quantitative estimate of drug-likeness (QED) is 0.826. The zero-order chi connectivity index (χ0) is 14.2. The highest BCUT2D eigenvalue weighted by atomic mass is 32.2. The highest BCUT2D eigenvalue weighted by Gasteiger charge is 2.16. The summed E-state index contributed by atoms with van der Waals surface area (Å²) in [6.07, 6.45) is 3.54. The molecule has 0 fully saturated rings. The molecule has 102 valence electrons. The Kier molecular flexibility index (Phi) is 3.57. The lowest BCUT2D eigenvalue weighted by Gasteiger charge is -2.10. The van der Waals surface area contributed by atoms with Crippen LogP contribution in [0.4, 0.5) is 5.69 Å². The van der Waals surface area contributed by atoms with Crippen LogP contribution in [0.15, 0.2) is 39.2 Å². The number of hydrogen-bond acceptors (Lipinski definition) is 5. The van der Waals surface area contributed by atoms with Crippen molar-refractivity contribution in [1.29, 1.82) is 0 Å². The normalized spacial score (nSPS) is 11.7. The largest absolute Gasteiger partial charge is 0.399 e.